The van der Waals surface area contributed by atoms with Crippen LogP contribution in [-0.4, -0.2) is 35.7 Å². The smallest absolute Gasteiger partial charge is 0.274 e. The minimum atomic E-state index is -0.384. The molecule has 0 aliphatic heterocycles. The van der Waals surface area contributed by atoms with Gasteiger partial charge in [-0.1, -0.05) is 32.0 Å². The molecule has 0 aliphatic rings. The van der Waals surface area contributed by atoms with E-state index in [-0.39, 0.29) is 23.8 Å². The molecule has 0 aromatic heterocycles. The van der Waals surface area contributed by atoms with Crippen molar-refractivity contribution in [2.75, 3.05) is 19.7 Å². The Morgan fingerprint density at radius 1 is 1.32 bits per heavy atom. The number of nitrogens with zero attached hydrogens (tertiary/aromatic N) is 2. The summed E-state index contributed by atoms with van der Waals surface area (Å²) in [4.78, 5) is 15.2. The second kappa shape index (κ2) is 11.4. The van der Waals surface area contributed by atoms with Gasteiger partial charge in [0.15, 0.2) is 5.96 Å². The first-order valence-electron chi connectivity index (χ1n) is 8.83. The van der Waals surface area contributed by atoms with Gasteiger partial charge in [0, 0.05) is 25.8 Å². The number of hydrogen-bond donors (Lipinski definition) is 3. The quantitative estimate of drug-likeness (QED) is 0.261. The van der Waals surface area contributed by atoms with Gasteiger partial charge < -0.3 is 15.7 Å². The van der Waals surface area contributed by atoms with E-state index in [9.17, 15) is 15.2 Å². The predicted molar refractivity (Wildman–Crippen MR) is 101 cm³/mol. The molecule has 1 aromatic rings. The fourth-order valence-electron chi connectivity index (χ4n) is 2.72. The number of benzene rings is 1. The second-order valence-corrected chi connectivity index (χ2v) is 6.47. The van der Waals surface area contributed by atoms with Crippen molar-refractivity contribution in [3.8, 4) is 0 Å². The van der Waals surface area contributed by atoms with Gasteiger partial charge in [0.2, 0.25) is 0 Å². The molecule has 0 saturated carbocycles. The SMILES string of the molecule is CCNC(=NCc1ccccc1[N+](=O)[O-])NCC(CCO)CC(C)C. The Labute approximate surface area is 149 Å². The molecule has 0 fully saturated rings. The van der Waals surface area contributed by atoms with E-state index in [0.29, 0.717) is 36.4 Å². The molecule has 25 heavy (non-hydrogen) atoms. The zero-order valence-corrected chi connectivity index (χ0v) is 15.4. The van der Waals surface area contributed by atoms with Gasteiger partial charge in [0.05, 0.1) is 17.0 Å². The highest BCUT2D eigenvalue weighted by Gasteiger charge is 2.13. The fraction of sp³-hybridized carbons (Fsp3) is 0.611. The Hall–Kier alpha value is -2.15. The lowest BCUT2D eigenvalue weighted by Gasteiger charge is -2.20. The molecule has 0 bridgehead atoms. The van der Waals surface area contributed by atoms with Crippen LogP contribution < -0.4 is 10.6 Å². The third kappa shape index (κ3) is 7.98. The molecule has 1 rings (SSSR count). The van der Waals surface area contributed by atoms with Gasteiger partial charge in [-0.15, -0.1) is 0 Å². The van der Waals surface area contributed by atoms with Crippen molar-refractivity contribution in [1.29, 1.82) is 0 Å². The Morgan fingerprint density at radius 2 is 2.04 bits per heavy atom. The fourth-order valence-corrected chi connectivity index (χ4v) is 2.72. The van der Waals surface area contributed by atoms with Gasteiger partial charge in [0.25, 0.3) is 5.69 Å². The van der Waals surface area contributed by atoms with Crippen molar-refractivity contribution in [3.05, 3.63) is 39.9 Å². The normalized spacial score (nSPS) is 12.9. The van der Waals surface area contributed by atoms with Crippen LogP contribution in [-0.2, 0) is 6.54 Å². The van der Waals surface area contributed by atoms with Crippen LogP contribution in [0.4, 0.5) is 5.69 Å². The highest BCUT2D eigenvalue weighted by molar-refractivity contribution is 5.79. The van der Waals surface area contributed by atoms with Gasteiger partial charge in [0.1, 0.15) is 0 Å². The van der Waals surface area contributed by atoms with Crippen LogP contribution in [0.1, 0.15) is 39.2 Å². The molecule has 0 heterocycles. The molecule has 1 aromatic carbocycles. The summed E-state index contributed by atoms with van der Waals surface area (Å²) < 4.78 is 0. The molecule has 1 unspecified atom stereocenters. The summed E-state index contributed by atoms with van der Waals surface area (Å²) >= 11 is 0. The molecule has 0 aliphatic carbocycles. The van der Waals surface area contributed by atoms with Crippen LogP contribution in [0.5, 0.6) is 0 Å². The average Bonchev–Trinajstić information content (AvgIpc) is 2.57. The van der Waals surface area contributed by atoms with Crippen molar-refractivity contribution in [2.45, 2.75) is 40.2 Å². The van der Waals surface area contributed by atoms with Gasteiger partial charge in [-0.3, -0.25) is 10.1 Å². The summed E-state index contributed by atoms with van der Waals surface area (Å²) in [5.74, 6) is 1.55. The predicted octanol–water partition coefficient (Wildman–Crippen LogP) is 2.69. The Morgan fingerprint density at radius 3 is 2.64 bits per heavy atom. The molecule has 7 nitrogen and oxygen atoms in total. The maximum absolute atomic E-state index is 11.1. The summed E-state index contributed by atoms with van der Waals surface area (Å²) in [5.41, 5.74) is 0.666. The molecule has 0 amide bonds. The van der Waals surface area contributed by atoms with Crippen LogP contribution in [0.2, 0.25) is 0 Å². The number of aliphatic hydroxyl groups excluding tert-OH is 1. The maximum Gasteiger partial charge on any atom is 0.274 e. The van der Waals surface area contributed by atoms with E-state index in [1.165, 1.54) is 6.07 Å². The van der Waals surface area contributed by atoms with Crippen molar-refractivity contribution in [2.24, 2.45) is 16.8 Å². The molecule has 7 heteroatoms. The van der Waals surface area contributed by atoms with E-state index in [1.54, 1.807) is 18.2 Å². The second-order valence-electron chi connectivity index (χ2n) is 6.47. The first-order valence-corrected chi connectivity index (χ1v) is 8.83. The van der Waals surface area contributed by atoms with Crippen molar-refractivity contribution < 1.29 is 10.0 Å². The molecular weight excluding hydrogens is 320 g/mol. The van der Waals surface area contributed by atoms with Crippen molar-refractivity contribution in [3.63, 3.8) is 0 Å². The topological polar surface area (TPSA) is 99.8 Å². The highest BCUT2D eigenvalue weighted by Crippen LogP contribution is 2.18. The standard InChI is InChI=1S/C18H30N4O3/c1-4-19-18(20-12-15(9-10-23)11-14(2)3)21-13-16-7-5-6-8-17(16)22(24)25/h5-8,14-15,23H,4,9-13H2,1-3H3,(H2,19,20,21). The lowest BCUT2D eigenvalue weighted by Crippen LogP contribution is -2.40. The van der Waals surface area contributed by atoms with Gasteiger partial charge in [-0.2, -0.15) is 0 Å². The number of para-hydroxylation sites is 1. The lowest BCUT2D eigenvalue weighted by atomic mass is 9.94. The Balaban J connectivity index is 2.75. The number of guanidine groups is 1. The molecule has 3 N–H and O–H groups in total. The lowest BCUT2D eigenvalue weighted by molar-refractivity contribution is -0.385. The van der Waals surface area contributed by atoms with Crippen LogP contribution in [0.3, 0.4) is 0 Å². The first-order chi connectivity index (χ1) is 12.0. The van der Waals surface area contributed by atoms with Crippen LogP contribution in [0.25, 0.3) is 0 Å². The largest absolute Gasteiger partial charge is 0.396 e. The summed E-state index contributed by atoms with van der Waals surface area (Å²) in [6, 6.07) is 6.64. The number of hydrogen-bond acceptors (Lipinski definition) is 4. The number of nitro benzene ring substituents is 1. The summed E-state index contributed by atoms with van der Waals surface area (Å²) in [6.45, 7) is 8.13. The van der Waals surface area contributed by atoms with E-state index in [0.717, 1.165) is 12.8 Å². The van der Waals surface area contributed by atoms with Gasteiger partial charge in [-0.25, -0.2) is 4.99 Å². The third-order valence-corrected chi connectivity index (χ3v) is 3.84. The van der Waals surface area contributed by atoms with E-state index in [2.05, 4.69) is 29.5 Å². The minimum Gasteiger partial charge on any atom is -0.396 e. The Kier molecular flexibility index (Phi) is 9.54. The molecule has 0 radical (unpaired) electrons. The molecule has 0 saturated heterocycles. The minimum absolute atomic E-state index is 0.0834. The highest BCUT2D eigenvalue weighted by atomic mass is 16.6. The van der Waals surface area contributed by atoms with Gasteiger partial charge in [-0.05, 0) is 31.6 Å². The van der Waals surface area contributed by atoms with E-state index in [1.807, 2.05) is 6.92 Å². The summed E-state index contributed by atoms with van der Waals surface area (Å²) in [6.07, 6.45) is 1.77. The van der Waals surface area contributed by atoms with Crippen LogP contribution >= 0.6 is 0 Å². The first kappa shape index (κ1) is 20.9. The molecule has 1 atom stereocenters. The Bertz CT molecular complexity index is 561. The summed E-state index contributed by atoms with van der Waals surface area (Å²) in [7, 11) is 0. The van der Waals surface area contributed by atoms with E-state index < -0.39 is 0 Å². The number of nitro groups is 1. The zero-order chi connectivity index (χ0) is 18.7. The maximum atomic E-state index is 11.1. The number of nitrogens with one attached hydrogen (secondary N) is 2. The zero-order valence-electron chi connectivity index (χ0n) is 15.4. The van der Waals surface area contributed by atoms with Crippen molar-refractivity contribution >= 4 is 11.6 Å². The average molecular weight is 350 g/mol. The number of aliphatic imine (C=N–C) groups is 1. The summed E-state index contributed by atoms with van der Waals surface area (Å²) in [5, 5.41) is 26.7. The van der Waals surface area contributed by atoms with Crippen LogP contribution in [0, 0.1) is 22.0 Å². The number of rotatable bonds is 10. The molecule has 140 valence electrons. The molecular formula is C18H30N4O3. The van der Waals surface area contributed by atoms with E-state index in [4.69, 9.17) is 0 Å². The third-order valence-electron chi connectivity index (χ3n) is 3.84. The van der Waals surface area contributed by atoms with Crippen molar-refractivity contribution in [1.82, 2.24) is 10.6 Å². The van der Waals surface area contributed by atoms with E-state index >= 15 is 0 Å². The van der Waals surface area contributed by atoms with Crippen LogP contribution in [0.15, 0.2) is 29.3 Å². The number of aliphatic hydroxyl groups is 1. The molecule has 0 spiro atoms. The van der Waals surface area contributed by atoms with Gasteiger partial charge >= 0.3 is 0 Å². The monoisotopic (exact) mass is 350 g/mol.